The Labute approximate surface area is 204 Å². The van der Waals surface area contributed by atoms with E-state index in [1.54, 1.807) is 17.0 Å². The van der Waals surface area contributed by atoms with Gasteiger partial charge in [-0.05, 0) is 82.9 Å². The van der Waals surface area contributed by atoms with Crippen LogP contribution in [0.15, 0.2) is 18.2 Å². The molecular weight excluding hydrogens is 449 g/mol. The topological polar surface area (TPSA) is 91.5 Å². The summed E-state index contributed by atoms with van der Waals surface area (Å²) in [7, 11) is 0. The number of nitrogens with one attached hydrogen (secondary N) is 2. The van der Waals surface area contributed by atoms with Gasteiger partial charge in [-0.2, -0.15) is 0 Å². The molecule has 8 heteroatoms. The normalized spacial score (nSPS) is 17.5. The van der Waals surface area contributed by atoms with E-state index >= 15 is 0 Å². The number of ether oxygens (including phenoxy) is 1. The number of carbonyl (C=O) groups excluding carboxylic acids is 3. The molecule has 1 aromatic heterocycles. The Morgan fingerprint density at radius 3 is 2.54 bits per heavy atom. The third-order valence-electron chi connectivity index (χ3n) is 6.64. The van der Waals surface area contributed by atoms with E-state index in [0.717, 1.165) is 22.5 Å². The zero-order valence-corrected chi connectivity index (χ0v) is 20.9. The highest BCUT2D eigenvalue weighted by Gasteiger charge is 2.31. The van der Waals surface area contributed by atoms with Crippen molar-refractivity contribution in [2.45, 2.75) is 59.5 Å². The maximum Gasteiger partial charge on any atom is 0.410 e. The van der Waals surface area contributed by atoms with Crippen LogP contribution in [-0.4, -0.2) is 46.4 Å². The van der Waals surface area contributed by atoms with E-state index in [0.29, 0.717) is 42.8 Å². The lowest BCUT2D eigenvalue weighted by Crippen LogP contribution is -2.43. The number of hydrogen-bond acceptors (Lipinski definition) is 4. The standard InChI is InChI=1S/C27H32FN3O4/c1-15-19(14-24(32)17-8-10-31(11-9-17)26(34)35-27(3,4)5)16(2)29-23(15)13-21-20-12-18(28)6-7-22(20)30-25(21)33/h6-7,12-13,17,29H,8-11,14H2,1-5H3,(H,30,33)/b21-13-. The number of aromatic nitrogens is 1. The van der Waals surface area contributed by atoms with Gasteiger partial charge in [0.2, 0.25) is 0 Å². The number of aryl methyl sites for hydroxylation is 1. The average molecular weight is 482 g/mol. The SMILES string of the molecule is Cc1[nH]c(/C=C2\C(=O)Nc3ccc(F)cc32)c(C)c1CC(=O)C1CCN(C(=O)OC(C)(C)C)CC1. The van der Waals surface area contributed by atoms with Gasteiger partial charge in [-0.25, -0.2) is 9.18 Å². The van der Waals surface area contributed by atoms with Crippen molar-refractivity contribution in [2.75, 3.05) is 18.4 Å². The van der Waals surface area contributed by atoms with Gasteiger partial charge in [-0.1, -0.05) is 0 Å². The molecule has 1 saturated heterocycles. The Bertz CT molecular complexity index is 1210. The first kappa shape index (κ1) is 24.7. The molecule has 0 spiro atoms. The van der Waals surface area contributed by atoms with E-state index in [4.69, 9.17) is 4.74 Å². The van der Waals surface area contributed by atoms with Gasteiger partial charge >= 0.3 is 6.09 Å². The number of hydrogen-bond donors (Lipinski definition) is 2. The number of H-pyrrole nitrogens is 1. The van der Waals surface area contributed by atoms with Crippen LogP contribution in [0.5, 0.6) is 0 Å². The van der Waals surface area contributed by atoms with Crippen LogP contribution < -0.4 is 5.32 Å². The van der Waals surface area contributed by atoms with Gasteiger partial charge in [0.15, 0.2) is 0 Å². The van der Waals surface area contributed by atoms with E-state index in [1.807, 2.05) is 34.6 Å². The lowest BCUT2D eigenvalue weighted by atomic mass is 9.88. The molecule has 2 N–H and O–H groups in total. The lowest BCUT2D eigenvalue weighted by molar-refractivity contribution is -0.123. The molecule has 0 unspecified atom stereocenters. The minimum Gasteiger partial charge on any atom is -0.444 e. The number of Topliss-reactive ketones (excluding diaryl/α,β-unsaturated/α-hetero) is 1. The first-order valence-corrected chi connectivity index (χ1v) is 11.9. The molecular formula is C27H32FN3O4. The zero-order chi connectivity index (χ0) is 25.5. The van der Waals surface area contributed by atoms with Gasteiger partial charge in [0.25, 0.3) is 5.91 Å². The van der Waals surface area contributed by atoms with Crippen LogP contribution in [0.2, 0.25) is 0 Å². The maximum absolute atomic E-state index is 13.8. The second-order valence-electron chi connectivity index (χ2n) is 10.4. The molecule has 0 atom stereocenters. The fourth-order valence-corrected chi connectivity index (χ4v) is 4.70. The molecule has 2 aliphatic heterocycles. The number of likely N-dealkylation sites (tertiary alicyclic amines) is 1. The third kappa shape index (κ3) is 5.31. The molecule has 7 nitrogen and oxygen atoms in total. The number of carbonyl (C=O) groups is 3. The molecule has 2 aromatic rings. The first-order valence-electron chi connectivity index (χ1n) is 11.9. The van der Waals surface area contributed by atoms with Crippen LogP contribution >= 0.6 is 0 Å². The molecule has 1 fully saturated rings. The highest BCUT2D eigenvalue weighted by Crippen LogP contribution is 2.34. The van der Waals surface area contributed by atoms with Crippen molar-refractivity contribution < 1.29 is 23.5 Å². The van der Waals surface area contributed by atoms with E-state index in [2.05, 4.69) is 10.3 Å². The van der Waals surface area contributed by atoms with Crippen molar-refractivity contribution in [3.05, 3.63) is 52.1 Å². The smallest absolute Gasteiger partial charge is 0.410 e. The fourth-order valence-electron chi connectivity index (χ4n) is 4.70. The van der Waals surface area contributed by atoms with Gasteiger partial charge in [0.1, 0.15) is 17.2 Å². The van der Waals surface area contributed by atoms with Crippen LogP contribution in [0.3, 0.4) is 0 Å². The molecule has 2 amide bonds. The molecule has 0 radical (unpaired) electrons. The Morgan fingerprint density at radius 1 is 1.20 bits per heavy atom. The molecule has 3 heterocycles. The molecule has 0 bridgehead atoms. The highest BCUT2D eigenvalue weighted by atomic mass is 19.1. The molecule has 0 aliphatic carbocycles. The number of ketones is 1. The van der Waals surface area contributed by atoms with Crippen molar-refractivity contribution in [1.82, 2.24) is 9.88 Å². The number of aromatic amines is 1. The Balaban J connectivity index is 1.45. The first-order chi connectivity index (χ1) is 16.4. The average Bonchev–Trinajstić information content (AvgIpc) is 3.23. The summed E-state index contributed by atoms with van der Waals surface area (Å²) < 4.78 is 19.2. The Kier molecular flexibility index (Phi) is 6.58. The van der Waals surface area contributed by atoms with Crippen molar-refractivity contribution in [3.8, 4) is 0 Å². The van der Waals surface area contributed by atoms with Crippen LogP contribution in [0.1, 0.15) is 61.7 Å². The summed E-state index contributed by atoms with van der Waals surface area (Å²) in [5.41, 5.74) is 4.35. The van der Waals surface area contributed by atoms with Gasteiger partial charge < -0.3 is 19.9 Å². The second kappa shape index (κ2) is 9.32. The minimum absolute atomic E-state index is 0.111. The number of anilines is 1. The number of fused-ring (bicyclic) bond motifs is 1. The summed E-state index contributed by atoms with van der Waals surface area (Å²) in [5, 5.41) is 2.76. The van der Waals surface area contributed by atoms with Crippen molar-refractivity contribution in [3.63, 3.8) is 0 Å². The highest BCUT2D eigenvalue weighted by molar-refractivity contribution is 6.34. The van der Waals surface area contributed by atoms with Crippen LogP contribution in [0.25, 0.3) is 11.6 Å². The number of nitrogens with zero attached hydrogens (tertiary/aromatic N) is 1. The molecule has 35 heavy (non-hydrogen) atoms. The number of piperidine rings is 1. The third-order valence-corrected chi connectivity index (χ3v) is 6.64. The van der Waals surface area contributed by atoms with Gasteiger partial charge in [0, 0.05) is 48.1 Å². The summed E-state index contributed by atoms with van der Waals surface area (Å²) in [5.74, 6) is -0.662. The molecule has 0 saturated carbocycles. The number of halogens is 1. The lowest BCUT2D eigenvalue weighted by Gasteiger charge is -2.33. The summed E-state index contributed by atoms with van der Waals surface area (Å²) in [6, 6.07) is 4.21. The second-order valence-corrected chi connectivity index (χ2v) is 10.4. The summed E-state index contributed by atoms with van der Waals surface area (Å²) in [4.78, 5) is 42.8. The quantitative estimate of drug-likeness (QED) is 0.600. The molecule has 4 rings (SSSR count). The van der Waals surface area contributed by atoms with Crippen molar-refractivity contribution >= 4 is 35.1 Å². The van der Waals surface area contributed by atoms with Crippen molar-refractivity contribution in [1.29, 1.82) is 0 Å². The van der Waals surface area contributed by atoms with Crippen molar-refractivity contribution in [2.24, 2.45) is 5.92 Å². The Hall–Kier alpha value is -3.42. The summed E-state index contributed by atoms with van der Waals surface area (Å²) >= 11 is 0. The molecule has 2 aliphatic rings. The van der Waals surface area contributed by atoms with Gasteiger partial charge in [-0.3, -0.25) is 9.59 Å². The van der Waals surface area contributed by atoms with E-state index in [-0.39, 0.29) is 30.1 Å². The maximum atomic E-state index is 13.8. The zero-order valence-electron chi connectivity index (χ0n) is 20.9. The predicted molar refractivity (Wildman–Crippen MR) is 132 cm³/mol. The Morgan fingerprint density at radius 2 is 1.89 bits per heavy atom. The minimum atomic E-state index is -0.546. The molecule has 186 valence electrons. The number of rotatable bonds is 4. The van der Waals surface area contributed by atoms with E-state index in [9.17, 15) is 18.8 Å². The monoisotopic (exact) mass is 481 g/mol. The van der Waals surface area contributed by atoms with Crippen LogP contribution in [-0.2, 0) is 20.7 Å². The van der Waals surface area contributed by atoms with E-state index < -0.39 is 11.4 Å². The summed E-state index contributed by atoms with van der Waals surface area (Å²) in [6.45, 7) is 10.3. The van der Waals surface area contributed by atoms with Gasteiger partial charge in [0.05, 0.1) is 5.57 Å². The van der Waals surface area contributed by atoms with Crippen LogP contribution in [0.4, 0.5) is 14.9 Å². The molecule has 1 aromatic carbocycles. The fraction of sp³-hybridized carbons (Fsp3) is 0.444. The van der Waals surface area contributed by atoms with Gasteiger partial charge in [-0.15, -0.1) is 0 Å². The summed E-state index contributed by atoms with van der Waals surface area (Å²) in [6.07, 6.45) is 2.89. The number of amides is 2. The number of benzene rings is 1. The van der Waals surface area contributed by atoms with Crippen LogP contribution in [0, 0.1) is 25.6 Å². The van der Waals surface area contributed by atoms with E-state index in [1.165, 1.54) is 12.1 Å². The predicted octanol–water partition coefficient (Wildman–Crippen LogP) is 5.02. The largest absolute Gasteiger partial charge is 0.444 e.